The van der Waals surface area contributed by atoms with Crippen LogP contribution in [0.15, 0.2) is 53.9 Å². The van der Waals surface area contributed by atoms with Crippen LogP contribution in [0.5, 0.6) is 11.5 Å². The number of halogens is 1. The first-order valence-electron chi connectivity index (χ1n) is 9.37. The number of aromatic nitrogens is 1. The van der Waals surface area contributed by atoms with Crippen molar-refractivity contribution in [3.8, 4) is 11.5 Å². The number of nitrogens with zero attached hydrogens (tertiary/aromatic N) is 1. The number of ether oxygens (including phenoxy) is 2. The first-order valence-corrected chi connectivity index (χ1v) is 10.6. The van der Waals surface area contributed by atoms with Crippen molar-refractivity contribution in [2.45, 2.75) is 32.9 Å². The second-order valence-corrected chi connectivity index (χ2v) is 7.82. The molecular formula is C22H23ClN2O3S. The number of hydrogen-bond acceptors (Lipinski definition) is 5. The van der Waals surface area contributed by atoms with Gasteiger partial charge < -0.3 is 14.8 Å². The minimum Gasteiger partial charge on any atom is -0.494 e. The lowest BCUT2D eigenvalue weighted by molar-refractivity contribution is -0.121. The van der Waals surface area contributed by atoms with Crippen LogP contribution in [0.4, 0.5) is 0 Å². The van der Waals surface area contributed by atoms with Crippen LogP contribution in [0, 0.1) is 0 Å². The standard InChI is InChI=1S/C22H23ClN2O3S/c1-3-27-19-8-4-16(5-9-19)15(2)24-21(26)12-18-14-29-22(25-18)13-28-20-10-6-17(23)7-11-20/h4-11,14-15H,3,12-13H2,1-2H3,(H,24,26). The maximum absolute atomic E-state index is 12.4. The quantitative estimate of drug-likeness (QED) is 0.507. The van der Waals surface area contributed by atoms with Crippen molar-refractivity contribution in [1.82, 2.24) is 10.3 Å². The van der Waals surface area contributed by atoms with Crippen molar-refractivity contribution in [3.05, 3.63) is 75.2 Å². The third kappa shape index (κ3) is 6.48. The zero-order valence-electron chi connectivity index (χ0n) is 16.4. The highest BCUT2D eigenvalue weighted by atomic mass is 35.5. The summed E-state index contributed by atoms with van der Waals surface area (Å²) in [4.78, 5) is 16.9. The Morgan fingerprint density at radius 1 is 1.10 bits per heavy atom. The largest absolute Gasteiger partial charge is 0.494 e. The number of carbonyl (C=O) groups excluding carboxylic acids is 1. The summed E-state index contributed by atoms with van der Waals surface area (Å²) in [6.07, 6.45) is 0.235. The molecule has 1 atom stereocenters. The van der Waals surface area contributed by atoms with Gasteiger partial charge in [0.1, 0.15) is 23.1 Å². The van der Waals surface area contributed by atoms with Crippen molar-refractivity contribution in [2.24, 2.45) is 0 Å². The third-order valence-electron chi connectivity index (χ3n) is 4.19. The zero-order valence-corrected chi connectivity index (χ0v) is 17.9. The number of benzene rings is 2. The maximum atomic E-state index is 12.4. The van der Waals surface area contributed by atoms with Crippen molar-refractivity contribution in [1.29, 1.82) is 0 Å². The van der Waals surface area contributed by atoms with E-state index in [4.69, 9.17) is 21.1 Å². The molecule has 29 heavy (non-hydrogen) atoms. The predicted molar refractivity (Wildman–Crippen MR) is 116 cm³/mol. The Morgan fingerprint density at radius 2 is 1.76 bits per heavy atom. The van der Waals surface area contributed by atoms with Crippen molar-refractivity contribution in [3.63, 3.8) is 0 Å². The SMILES string of the molecule is CCOc1ccc(C(C)NC(=O)Cc2csc(COc3ccc(Cl)cc3)n2)cc1. The fourth-order valence-corrected chi connectivity index (χ4v) is 3.56. The Labute approximate surface area is 179 Å². The van der Waals surface area contributed by atoms with E-state index in [0.29, 0.717) is 18.2 Å². The average Bonchev–Trinajstić information content (AvgIpc) is 3.15. The van der Waals surface area contributed by atoms with Gasteiger partial charge in [-0.3, -0.25) is 4.79 Å². The Balaban J connectivity index is 1.48. The lowest BCUT2D eigenvalue weighted by Crippen LogP contribution is -2.28. The van der Waals surface area contributed by atoms with Gasteiger partial charge in [0.15, 0.2) is 0 Å². The van der Waals surface area contributed by atoms with Crippen LogP contribution in [-0.2, 0) is 17.8 Å². The topological polar surface area (TPSA) is 60.5 Å². The van der Waals surface area contributed by atoms with E-state index in [9.17, 15) is 4.79 Å². The summed E-state index contributed by atoms with van der Waals surface area (Å²) in [5.41, 5.74) is 1.76. The van der Waals surface area contributed by atoms with E-state index in [2.05, 4.69) is 10.3 Å². The molecule has 0 aliphatic rings. The fraction of sp³-hybridized carbons (Fsp3) is 0.273. The van der Waals surface area contributed by atoms with Gasteiger partial charge in [-0.15, -0.1) is 11.3 Å². The molecule has 7 heteroatoms. The number of thiazole rings is 1. The number of hydrogen-bond donors (Lipinski definition) is 1. The van der Waals surface area contributed by atoms with Crippen LogP contribution < -0.4 is 14.8 Å². The van der Waals surface area contributed by atoms with Crippen LogP contribution in [0.2, 0.25) is 5.02 Å². The van der Waals surface area contributed by atoms with Crippen LogP contribution >= 0.6 is 22.9 Å². The highest BCUT2D eigenvalue weighted by molar-refractivity contribution is 7.09. The Kier molecular flexibility index (Phi) is 7.49. The molecule has 0 saturated heterocycles. The van der Waals surface area contributed by atoms with Crippen LogP contribution in [0.3, 0.4) is 0 Å². The number of nitrogens with one attached hydrogen (secondary N) is 1. The normalized spacial score (nSPS) is 11.7. The van der Waals surface area contributed by atoms with Gasteiger partial charge in [0, 0.05) is 10.4 Å². The molecule has 152 valence electrons. The van der Waals surface area contributed by atoms with E-state index in [1.54, 1.807) is 12.1 Å². The van der Waals surface area contributed by atoms with E-state index in [1.807, 2.05) is 55.6 Å². The molecule has 0 radical (unpaired) electrons. The van der Waals surface area contributed by atoms with Gasteiger partial charge in [0.05, 0.1) is 24.8 Å². The summed E-state index contributed by atoms with van der Waals surface area (Å²) in [6.45, 7) is 4.90. The summed E-state index contributed by atoms with van der Waals surface area (Å²) >= 11 is 7.35. The molecule has 1 unspecified atom stereocenters. The zero-order chi connectivity index (χ0) is 20.6. The number of amides is 1. The van der Waals surface area contributed by atoms with Crippen molar-refractivity contribution in [2.75, 3.05) is 6.61 Å². The van der Waals surface area contributed by atoms with Gasteiger partial charge >= 0.3 is 0 Å². The molecule has 0 saturated carbocycles. The van der Waals surface area contributed by atoms with Crippen molar-refractivity contribution >= 4 is 28.8 Å². The molecule has 1 aromatic heterocycles. The Hall–Kier alpha value is -2.57. The van der Waals surface area contributed by atoms with Crippen LogP contribution in [0.1, 0.15) is 36.2 Å². The summed E-state index contributed by atoms with van der Waals surface area (Å²) < 4.78 is 11.1. The van der Waals surface area contributed by atoms with Crippen LogP contribution in [-0.4, -0.2) is 17.5 Å². The Morgan fingerprint density at radius 3 is 2.45 bits per heavy atom. The molecule has 0 fully saturated rings. The first kappa shape index (κ1) is 21.1. The number of rotatable bonds is 9. The maximum Gasteiger partial charge on any atom is 0.226 e. The molecule has 1 N–H and O–H groups in total. The molecule has 0 bridgehead atoms. The predicted octanol–water partition coefficient (Wildman–Crippen LogP) is 5.19. The second-order valence-electron chi connectivity index (χ2n) is 6.44. The molecule has 0 aliphatic carbocycles. The average molecular weight is 431 g/mol. The van der Waals surface area contributed by atoms with Crippen molar-refractivity contribution < 1.29 is 14.3 Å². The Bertz CT molecular complexity index is 926. The van der Waals surface area contributed by atoms with Gasteiger partial charge in [-0.1, -0.05) is 23.7 Å². The third-order valence-corrected chi connectivity index (χ3v) is 5.31. The molecular weight excluding hydrogens is 408 g/mol. The van der Waals surface area contributed by atoms with Gasteiger partial charge in [0.2, 0.25) is 5.91 Å². The summed E-state index contributed by atoms with van der Waals surface area (Å²) in [5.74, 6) is 1.49. The van der Waals surface area contributed by atoms with Gasteiger partial charge in [-0.2, -0.15) is 0 Å². The van der Waals surface area contributed by atoms with E-state index >= 15 is 0 Å². The highest BCUT2D eigenvalue weighted by Gasteiger charge is 2.12. The highest BCUT2D eigenvalue weighted by Crippen LogP contribution is 2.20. The lowest BCUT2D eigenvalue weighted by atomic mass is 10.1. The molecule has 5 nitrogen and oxygen atoms in total. The molecule has 3 rings (SSSR count). The van der Waals surface area contributed by atoms with E-state index < -0.39 is 0 Å². The minimum absolute atomic E-state index is 0.0677. The van der Waals surface area contributed by atoms with E-state index in [-0.39, 0.29) is 18.4 Å². The van der Waals surface area contributed by atoms with Gasteiger partial charge in [-0.05, 0) is 55.8 Å². The van der Waals surface area contributed by atoms with Crippen LogP contribution in [0.25, 0.3) is 0 Å². The van der Waals surface area contributed by atoms with Gasteiger partial charge in [0.25, 0.3) is 0 Å². The van der Waals surface area contributed by atoms with E-state index in [0.717, 1.165) is 27.8 Å². The smallest absolute Gasteiger partial charge is 0.226 e. The lowest BCUT2D eigenvalue weighted by Gasteiger charge is -2.14. The summed E-state index contributed by atoms with van der Waals surface area (Å²) in [6, 6.07) is 14.8. The summed E-state index contributed by atoms with van der Waals surface area (Å²) in [5, 5.41) is 6.39. The molecule has 1 amide bonds. The molecule has 0 spiro atoms. The summed E-state index contributed by atoms with van der Waals surface area (Å²) in [7, 11) is 0. The number of carbonyl (C=O) groups is 1. The monoisotopic (exact) mass is 430 g/mol. The molecule has 1 heterocycles. The van der Waals surface area contributed by atoms with E-state index in [1.165, 1.54) is 11.3 Å². The molecule has 2 aromatic carbocycles. The minimum atomic E-state index is -0.0930. The second kappa shape index (κ2) is 10.3. The fourth-order valence-electron chi connectivity index (χ4n) is 2.73. The molecule has 3 aromatic rings. The van der Waals surface area contributed by atoms with Gasteiger partial charge in [-0.25, -0.2) is 4.98 Å². The molecule has 0 aliphatic heterocycles. The first-order chi connectivity index (χ1) is 14.0.